The van der Waals surface area contributed by atoms with E-state index < -0.39 is 0 Å². The number of nitrogens with one attached hydrogen (secondary N) is 1. The van der Waals surface area contributed by atoms with Gasteiger partial charge in [0.1, 0.15) is 0 Å². The van der Waals surface area contributed by atoms with E-state index >= 15 is 0 Å². The number of hydrogen-bond acceptors (Lipinski definition) is 1. The largest absolute Gasteiger partial charge is 0.389 e. The van der Waals surface area contributed by atoms with E-state index in [1.54, 1.807) is 0 Å². The van der Waals surface area contributed by atoms with Gasteiger partial charge in [-0.25, -0.2) is 0 Å². The van der Waals surface area contributed by atoms with Crippen molar-refractivity contribution in [3.05, 3.63) is 12.3 Å². The molecule has 0 unspecified atom stereocenters. The fraction of sp³-hybridized carbons (Fsp3) is 0.778. The maximum absolute atomic E-state index is 3.94. The van der Waals surface area contributed by atoms with Crippen LogP contribution < -0.4 is 5.32 Å². The van der Waals surface area contributed by atoms with Crippen LogP contribution in [0, 0.1) is 11.8 Å². The molecule has 0 bridgehead atoms. The van der Waals surface area contributed by atoms with Gasteiger partial charge in [-0.15, -0.1) is 0 Å². The predicted octanol–water partition coefficient (Wildman–Crippen LogP) is 2.16. The molecule has 1 saturated heterocycles. The number of allylic oxidation sites excluding steroid dienone is 1. The summed E-state index contributed by atoms with van der Waals surface area (Å²) in [6.07, 6.45) is 2.49. The Kier molecular flexibility index (Phi) is 2.36. The smallest absolute Gasteiger partial charge is 0.0146 e. The fourth-order valence-corrected chi connectivity index (χ4v) is 1.49. The van der Waals surface area contributed by atoms with E-state index in [9.17, 15) is 0 Å². The molecule has 1 nitrogen and oxygen atoms in total. The van der Waals surface area contributed by atoms with Gasteiger partial charge in [0.05, 0.1) is 0 Å². The Morgan fingerprint density at radius 2 is 2.30 bits per heavy atom. The molecule has 1 atom stereocenters. The van der Waals surface area contributed by atoms with Crippen molar-refractivity contribution in [2.75, 3.05) is 6.54 Å². The Hall–Kier alpha value is -0.460. The standard InChI is InChI=1S/C9H17N/c1-7(2)9-4-5-10-8(3)6-9/h7,9-10H,3-6H2,1-2H3/t9-/m0/s1. The highest BCUT2D eigenvalue weighted by Crippen LogP contribution is 2.24. The molecule has 58 valence electrons. The molecule has 1 aliphatic rings. The molecule has 0 aromatic rings. The predicted molar refractivity (Wildman–Crippen MR) is 44.7 cm³/mol. The monoisotopic (exact) mass is 139 g/mol. The molecule has 1 N–H and O–H groups in total. The summed E-state index contributed by atoms with van der Waals surface area (Å²) in [4.78, 5) is 0. The van der Waals surface area contributed by atoms with Crippen molar-refractivity contribution in [2.45, 2.75) is 26.7 Å². The molecular weight excluding hydrogens is 122 g/mol. The van der Waals surface area contributed by atoms with Gasteiger partial charge in [-0.05, 0) is 24.7 Å². The molecule has 0 aliphatic carbocycles. The molecule has 0 aromatic carbocycles. The first-order chi connectivity index (χ1) is 4.70. The van der Waals surface area contributed by atoms with Crippen LogP contribution in [-0.4, -0.2) is 6.54 Å². The maximum atomic E-state index is 3.94. The minimum Gasteiger partial charge on any atom is -0.389 e. The highest BCUT2D eigenvalue weighted by atomic mass is 14.9. The molecule has 10 heavy (non-hydrogen) atoms. The zero-order valence-electron chi connectivity index (χ0n) is 6.98. The van der Waals surface area contributed by atoms with Crippen LogP contribution in [0.5, 0.6) is 0 Å². The van der Waals surface area contributed by atoms with Crippen molar-refractivity contribution in [1.29, 1.82) is 0 Å². The molecule has 0 radical (unpaired) electrons. The lowest BCUT2D eigenvalue weighted by Crippen LogP contribution is -2.27. The van der Waals surface area contributed by atoms with Gasteiger partial charge in [-0.3, -0.25) is 0 Å². The SMILES string of the molecule is C=C1C[C@@H](C(C)C)CCN1. The molecule has 0 spiro atoms. The van der Waals surface area contributed by atoms with Crippen molar-refractivity contribution >= 4 is 0 Å². The lowest BCUT2D eigenvalue weighted by Gasteiger charge is -2.27. The number of piperidine rings is 1. The highest BCUT2D eigenvalue weighted by Gasteiger charge is 2.17. The summed E-state index contributed by atoms with van der Waals surface area (Å²) in [5, 5.41) is 3.27. The Bertz CT molecular complexity index is 127. The molecule has 0 amide bonds. The average Bonchev–Trinajstić information content (AvgIpc) is 1.88. The summed E-state index contributed by atoms with van der Waals surface area (Å²) in [6.45, 7) is 9.65. The first kappa shape index (κ1) is 7.64. The molecule has 1 fully saturated rings. The van der Waals surface area contributed by atoms with Crippen LogP contribution in [0.4, 0.5) is 0 Å². The highest BCUT2D eigenvalue weighted by molar-refractivity contribution is 4.97. The summed E-state index contributed by atoms with van der Waals surface area (Å²) < 4.78 is 0. The first-order valence-electron chi connectivity index (χ1n) is 4.12. The lowest BCUT2D eigenvalue weighted by atomic mass is 9.86. The molecule has 1 heteroatoms. The van der Waals surface area contributed by atoms with E-state index in [1.807, 2.05) is 0 Å². The third-order valence-corrected chi connectivity index (χ3v) is 2.34. The van der Waals surface area contributed by atoms with Crippen molar-refractivity contribution in [2.24, 2.45) is 11.8 Å². The van der Waals surface area contributed by atoms with Crippen LogP contribution >= 0.6 is 0 Å². The van der Waals surface area contributed by atoms with E-state index in [0.29, 0.717) is 0 Å². The maximum Gasteiger partial charge on any atom is 0.0146 e. The van der Waals surface area contributed by atoms with Crippen LogP contribution in [0.3, 0.4) is 0 Å². The summed E-state index contributed by atoms with van der Waals surface area (Å²) in [5.74, 6) is 1.69. The third-order valence-electron chi connectivity index (χ3n) is 2.34. The summed E-state index contributed by atoms with van der Waals surface area (Å²) >= 11 is 0. The zero-order chi connectivity index (χ0) is 7.56. The van der Waals surface area contributed by atoms with Crippen LogP contribution in [0.15, 0.2) is 12.3 Å². The van der Waals surface area contributed by atoms with Gasteiger partial charge in [0.2, 0.25) is 0 Å². The van der Waals surface area contributed by atoms with Gasteiger partial charge in [-0.1, -0.05) is 20.4 Å². The Labute approximate surface area is 63.5 Å². The van der Waals surface area contributed by atoms with E-state index in [-0.39, 0.29) is 0 Å². The molecule has 1 aliphatic heterocycles. The van der Waals surface area contributed by atoms with Gasteiger partial charge >= 0.3 is 0 Å². The fourth-order valence-electron chi connectivity index (χ4n) is 1.49. The zero-order valence-corrected chi connectivity index (χ0v) is 6.98. The van der Waals surface area contributed by atoms with E-state index in [1.165, 1.54) is 18.5 Å². The van der Waals surface area contributed by atoms with Crippen LogP contribution in [-0.2, 0) is 0 Å². The van der Waals surface area contributed by atoms with Gasteiger partial charge in [0, 0.05) is 12.2 Å². The van der Waals surface area contributed by atoms with E-state index in [4.69, 9.17) is 0 Å². The summed E-state index contributed by atoms with van der Waals surface area (Å²) in [7, 11) is 0. The minimum atomic E-state index is 0.818. The molecular formula is C9H17N. The Morgan fingerprint density at radius 1 is 1.60 bits per heavy atom. The molecule has 0 aromatic heterocycles. The number of hydrogen-bond donors (Lipinski definition) is 1. The first-order valence-corrected chi connectivity index (χ1v) is 4.12. The van der Waals surface area contributed by atoms with Crippen molar-refractivity contribution < 1.29 is 0 Å². The quantitative estimate of drug-likeness (QED) is 0.587. The second kappa shape index (κ2) is 3.09. The minimum absolute atomic E-state index is 0.818. The van der Waals surface area contributed by atoms with E-state index in [2.05, 4.69) is 25.7 Å². The normalized spacial score (nSPS) is 26.7. The molecule has 0 saturated carbocycles. The van der Waals surface area contributed by atoms with Crippen molar-refractivity contribution in [1.82, 2.24) is 5.32 Å². The van der Waals surface area contributed by atoms with Crippen LogP contribution in [0.25, 0.3) is 0 Å². The van der Waals surface area contributed by atoms with E-state index in [0.717, 1.165) is 18.4 Å². The average molecular weight is 139 g/mol. The molecule has 1 heterocycles. The van der Waals surface area contributed by atoms with Crippen molar-refractivity contribution in [3.8, 4) is 0 Å². The third kappa shape index (κ3) is 1.76. The Morgan fingerprint density at radius 3 is 2.70 bits per heavy atom. The summed E-state index contributed by atoms with van der Waals surface area (Å²) in [6, 6.07) is 0. The Balaban J connectivity index is 2.39. The van der Waals surface area contributed by atoms with Gasteiger partial charge in [-0.2, -0.15) is 0 Å². The van der Waals surface area contributed by atoms with Crippen LogP contribution in [0.1, 0.15) is 26.7 Å². The van der Waals surface area contributed by atoms with Crippen LogP contribution in [0.2, 0.25) is 0 Å². The topological polar surface area (TPSA) is 12.0 Å². The second-order valence-corrected chi connectivity index (χ2v) is 3.53. The van der Waals surface area contributed by atoms with Gasteiger partial charge in [0.25, 0.3) is 0 Å². The van der Waals surface area contributed by atoms with Gasteiger partial charge < -0.3 is 5.32 Å². The second-order valence-electron chi connectivity index (χ2n) is 3.53. The molecule has 1 rings (SSSR count). The van der Waals surface area contributed by atoms with Crippen molar-refractivity contribution in [3.63, 3.8) is 0 Å². The number of rotatable bonds is 1. The summed E-state index contributed by atoms with van der Waals surface area (Å²) in [5.41, 5.74) is 1.23. The van der Waals surface area contributed by atoms with Gasteiger partial charge in [0.15, 0.2) is 0 Å². The lowest BCUT2D eigenvalue weighted by molar-refractivity contribution is 0.321.